The van der Waals surface area contributed by atoms with Gasteiger partial charge in [0.15, 0.2) is 0 Å². The molecule has 1 fully saturated rings. The number of hydrazine groups is 1. The van der Waals surface area contributed by atoms with E-state index in [0.29, 0.717) is 17.2 Å². The highest BCUT2D eigenvalue weighted by Crippen LogP contribution is 2.28. The Bertz CT molecular complexity index is 467. The van der Waals surface area contributed by atoms with E-state index in [9.17, 15) is 9.59 Å². The maximum Gasteiger partial charge on any atom is 0.444 e. The van der Waals surface area contributed by atoms with Crippen LogP contribution in [0.5, 0.6) is 11.5 Å². The van der Waals surface area contributed by atoms with Gasteiger partial charge in [-0.2, -0.15) is 0 Å². The summed E-state index contributed by atoms with van der Waals surface area (Å²) in [6, 6.07) is 4.76. The highest BCUT2D eigenvalue weighted by Gasteiger charge is 2.29. The molecule has 0 aliphatic carbocycles. The predicted molar refractivity (Wildman–Crippen MR) is 57.3 cm³/mol. The standard InChI is InChI=1S/C10H10N2O6/c1-15-7-3-6(4-8(5-7)16-2)12-11-17-9(13)10(14)18-12/h3-5,11H,1-2H3. The number of carbonyl (C=O) groups excluding carboxylic acids is 2. The molecule has 1 saturated heterocycles. The van der Waals surface area contributed by atoms with E-state index in [-0.39, 0.29) is 0 Å². The lowest BCUT2D eigenvalue weighted by Crippen LogP contribution is -2.49. The summed E-state index contributed by atoms with van der Waals surface area (Å²) in [5, 5.41) is 0.884. The van der Waals surface area contributed by atoms with E-state index in [4.69, 9.17) is 9.47 Å². The van der Waals surface area contributed by atoms with E-state index < -0.39 is 11.9 Å². The molecule has 18 heavy (non-hydrogen) atoms. The van der Waals surface area contributed by atoms with Crippen LogP contribution < -0.4 is 20.2 Å². The molecule has 8 heteroatoms. The highest BCUT2D eigenvalue weighted by atomic mass is 16.9. The SMILES string of the molecule is COc1cc(OC)cc(N2NOC(=O)C(=O)O2)c1. The zero-order valence-electron chi connectivity index (χ0n) is 9.63. The fraction of sp³-hybridized carbons (Fsp3) is 0.200. The molecule has 0 unspecified atom stereocenters. The number of nitrogens with zero attached hydrogens (tertiary/aromatic N) is 1. The first-order valence-corrected chi connectivity index (χ1v) is 4.86. The Morgan fingerprint density at radius 2 is 1.67 bits per heavy atom. The van der Waals surface area contributed by atoms with Gasteiger partial charge in [0.05, 0.1) is 14.2 Å². The van der Waals surface area contributed by atoms with Crippen LogP contribution in [0.1, 0.15) is 0 Å². The zero-order chi connectivity index (χ0) is 13.1. The first-order valence-electron chi connectivity index (χ1n) is 4.86. The largest absolute Gasteiger partial charge is 0.497 e. The third-order valence-corrected chi connectivity index (χ3v) is 2.13. The summed E-state index contributed by atoms with van der Waals surface area (Å²) < 4.78 is 10.1. The van der Waals surface area contributed by atoms with Gasteiger partial charge in [0, 0.05) is 18.2 Å². The molecule has 0 spiro atoms. The molecule has 2 rings (SSSR count). The number of methoxy groups -OCH3 is 2. The molecular weight excluding hydrogens is 244 g/mol. The van der Waals surface area contributed by atoms with Crippen LogP contribution in [-0.2, 0) is 19.3 Å². The molecule has 0 atom stereocenters. The number of nitrogens with one attached hydrogen (secondary N) is 1. The number of rotatable bonds is 3. The van der Waals surface area contributed by atoms with Gasteiger partial charge in [0.2, 0.25) is 0 Å². The van der Waals surface area contributed by atoms with Crippen LogP contribution in [0.4, 0.5) is 5.69 Å². The number of hydrogen-bond donors (Lipinski definition) is 1. The van der Waals surface area contributed by atoms with Crippen molar-refractivity contribution in [3.05, 3.63) is 18.2 Å². The number of hydrogen-bond acceptors (Lipinski definition) is 8. The fourth-order valence-electron chi connectivity index (χ4n) is 1.28. The normalized spacial score (nSPS) is 14.9. The van der Waals surface area contributed by atoms with Gasteiger partial charge in [-0.3, -0.25) is 0 Å². The Balaban J connectivity index is 2.27. The molecule has 1 N–H and O–H groups in total. The summed E-state index contributed by atoms with van der Waals surface area (Å²) in [6.45, 7) is 0. The summed E-state index contributed by atoms with van der Waals surface area (Å²) in [5.74, 6) is -1.28. The smallest absolute Gasteiger partial charge is 0.444 e. The van der Waals surface area contributed by atoms with Gasteiger partial charge in [-0.1, -0.05) is 0 Å². The average molecular weight is 254 g/mol. The first-order chi connectivity index (χ1) is 8.63. The monoisotopic (exact) mass is 254 g/mol. The van der Waals surface area contributed by atoms with Crippen molar-refractivity contribution >= 4 is 17.6 Å². The van der Waals surface area contributed by atoms with Crippen molar-refractivity contribution in [3.63, 3.8) is 0 Å². The Morgan fingerprint density at radius 3 is 2.17 bits per heavy atom. The van der Waals surface area contributed by atoms with Gasteiger partial charge < -0.3 is 19.1 Å². The lowest BCUT2D eigenvalue weighted by atomic mass is 10.3. The Morgan fingerprint density at radius 1 is 1.06 bits per heavy atom. The minimum Gasteiger partial charge on any atom is -0.497 e. The molecule has 0 radical (unpaired) electrons. The van der Waals surface area contributed by atoms with E-state index in [1.165, 1.54) is 14.2 Å². The second kappa shape index (κ2) is 4.80. The third-order valence-electron chi connectivity index (χ3n) is 2.13. The molecule has 0 saturated carbocycles. The van der Waals surface area contributed by atoms with Crippen LogP contribution >= 0.6 is 0 Å². The Labute approximate surface area is 102 Å². The molecule has 0 aromatic heterocycles. The van der Waals surface area contributed by atoms with E-state index in [1.807, 2.05) is 0 Å². The molecule has 1 heterocycles. The van der Waals surface area contributed by atoms with Gasteiger partial charge >= 0.3 is 11.9 Å². The summed E-state index contributed by atoms with van der Waals surface area (Å²) in [4.78, 5) is 30.9. The van der Waals surface area contributed by atoms with Gasteiger partial charge in [-0.15, -0.1) is 5.17 Å². The number of carbonyl (C=O) groups is 2. The average Bonchev–Trinajstić information content (AvgIpc) is 2.41. The van der Waals surface area contributed by atoms with Crippen molar-refractivity contribution in [1.82, 2.24) is 5.59 Å². The summed E-state index contributed by atoms with van der Waals surface area (Å²) in [5.41, 5.74) is 2.52. The first kappa shape index (κ1) is 12.0. The van der Waals surface area contributed by atoms with Crippen LogP contribution in [-0.4, -0.2) is 26.2 Å². The summed E-state index contributed by atoms with van der Waals surface area (Å²) >= 11 is 0. The van der Waals surface area contributed by atoms with Crippen molar-refractivity contribution in [1.29, 1.82) is 0 Å². The van der Waals surface area contributed by atoms with E-state index in [2.05, 4.69) is 15.3 Å². The highest BCUT2D eigenvalue weighted by molar-refractivity contribution is 6.30. The van der Waals surface area contributed by atoms with Crippen molar-refractivity contribution in [2.45, 2.75) is 0 Å². The number of benzene rings is 1. The lowest BCUT2D eigenvalue weighted by molar-refractivity contribution is -0.192. The molecule has 1 aliphatic heterocycles. The van der Waals surface area contributed by atoms with Crippen molar-refractivity contribution < 1.29 is 28.7 Å². The predicted octanol–water partition coefficient (Wildman–Crippen LogP) is -0.0552. The molecule has 96 valence electrons. The lowest BCUT2D eigenvalue weighted by Gasteiger charge is -2.25. The van der Waals surface area contributed by atoms with Crippen LogP contribution in [0.2, 0.25) is 0 Å². The van der Waals surface area contributed by atoms with Crippen LogP contribution in [0, 0.1) is 0 Å². The van der Waals surface area contributed by atoms with Gasteiger partial charge in [0.1, 0.15) is 17.2 Å². The fourth-order valence-corrected chi connectivity index (χ4v) is 1.28. The van der Waals surface area contributed by atoms with E-state index in [1.54, 1.807) is 18.2 Å². The van der Waals surface area contributed by atoms with Crippen LogP contribution in [0.15, 0.2) is 18.2 Å². The van der Waals surface area contributed by atoms with E-state index >= 15 is 0 Å². The second-order valence-corrected chi connectivity index (χ2v) is 3.22. The number of anilines is 1. The summed E-state index contributed by atoms with van der Waals surface area (Å²) in [7, 11) is 2.96. The maximum absolute atomic E-state index is 11.0. The van der Waals surface area contributed by atoms with Gasteiger partial charge in [0.25, 0.3) is 0 Å². The third kappa shape index (κ3) is 2.28. The second-order valence-electron chi connectivity index (χ2n) is 3.22. The minimum atomic E-state index is -1.13. The van der Waals surface area contributed by atoms with E-state index in [0.717, 1.165) is 5.17 Å². The Kier molecular flexibility index (Phi) is 3.20. The number of ether oxygens (including phenoxy) is 2. The molecule has 8 nitrogen and oxygen atoms in total. The molecule has 0 bridgehead atoms. The zero-order valence-corrected chi connectivity index (χ0v) is 9.63. The van der Waals surface area contributed by atoms with Crippen LogP contribution in [0.3, 0.4) is 0 Å². The molecule has 1 aromatic carbocycles. The van der Waals surface area contributed by atoms with Gasteiger partial charge in [-0.05, 0) is 5.59 Å². The maximum atomic E-state index is 11.0. The molecule has 1 aliphatic rings. The van der Waals surface area contributed by atoms with Crippen LogP contribution in [0.25, 0.3) is 0 Å². The topological polar surface area (TPSA) is 86.3 Å². The molecule has 1 aromatic rings. The van der Waals surface area contributed by atoms with Crippen molar-refractivity contribution in [3.8, 4) is 11.5 Å². The molecule has 0 amide bonds. The van der Waals surface area contributed by atoms with Crippen molar-refractivity contribution in [2.24, 2.45) is 0 Å². The molecular formula is C10H10N2O6. The quantitative estimate of drug-likeness (QED) is 0.751. The minimum absolute atomic E-state index is 0.368. The van der Waals surface area contributed by atoms with Crippen molar-refractivity contribution in [2.75, 3.05) is 19.4 Å². The summed E-state index contributed by atoms with van der Waals surface area (Å²) in [6.07, 6.45) is 0. The Hall–Kier alpha value is -2.48. The van der Waals surface area contributed by atoms with Gasteiger partial charge in [-0.25, -0.2) is 9.59 Å².